The molecule has 3 aromatic rings. The lowest BCUT2D eigenvalue weighted by Crippen LogP contribution is -2.53. The average molecular weight is 566 g/mol. The number of ether oxygens (including phenoxy) is 1. The zero-order chi connectivity index (χ0) is 26.8. The second kappa shape index (κ2) is 14.0. The summed E-state index contributed by atoms with van der Waals surface area (Å²) in [6.45, 7) is 8.27. The van der Waals surface area contributed by atoms with Gasteiger partial charge in [-0.2, -0.15) is 0 Å². The predicted molar refractivity (Wildman–Crippen MR) is 153 cm³/mol. The fraction of sp³-hybridized carbons (Fsp3) is 0.355. The van der Waals surface area contributed by atoms with Gasteiger partial charge in [0.2, 0.25) is 5.91 Å². The number of hydrogen-bond acceptors (Lipinski definition) is 3. The van der Waals surface area contributed by atoms with Gasteiger partial charge >= 0.3 is 0 Å². The molecule has 196 valence electrons. The van der Waals surface area contributed by atoms with Crippen molar-refractivity contribution in [1.82, 2.24) is 10.2 Å². The van der Waals surface area contributed by atoms with Crippen molar-refractivity contribution in [3.05, 3.63) is 99.5 Å². The van der Waals surface area contributed by atoms with Crippen molar-refractivity contribution < 1.29 is 14.3 Å². The highest BCUT2D eigenvalue weighted by molar-refractivity contribution is 9.10. The highest BCUT2D eigenvalue weighted by Gasteiger charge is 2.31. The zero-order valence-corrected chi connectivity index (χ0v) is 23.8. The number of amides is 2. The van der Waals surface area contributed by atoms with E-state index in [0.717, 1.165) is 34.0 Å². The van der Waals surface area contributed by atoms with Gasteiger partial charge < -0.3 is 15.0 Å². The van der Waals surface area contributed by atoms with E-state index < -0.39 is 6.04 Å². The molecule has 6 heteroatoms. The quantitative estimate of drug-likeness (QED) is 0.282. The van der Waals surface area contributed by atoms with Crippen molar-refractivity contribution in [2.75, 3.05) is 6.61 Å². The van der Waals surface area contributed by atoms with Crippen molar-refractivity contribution in [1.29, 1.82) is 0 Å². The maximum Gasteiger partial charge on any atom is 0.261 e. The third-order valence-electron chi connectivity index (χ3n) is 6.63. The summed E-state index contributed by atoms with van der Waals surface area (Å²) in [5.74, 6) is 0.202. The number of aryl methyl sites for hydroxylation is 2. The molecule has 37 heavy (non-hydrogen) atoms. The summed E-state index contributed by atoms with van der Waals surface area (Å²) in [5.41, 5.74) is 4.24. The highest BCUT2D eigenvalue weighted by Crippen LogP contribution is 2.26. The highest BCUT2D eigenvalue weighted by atomic mass is 79.9. The largest absolute Gasteiger partial charge is 0.483 e. The van der Waals surface area contributed by atoms with E-state index in [4.69, 9.17) is 4.74 Å². The number of benzene rings is 3. The second-order valence-corrected chi connectivity index (χ2v) is 10.2. The summed E-state index contributed by atoms with van der Waals surface area (Å²) in [7, 11) is 0. The lowest BCUT2D eigenvalue weighted by atomic mass is 10.0. The first-order valence-electron chi connectivity index (χ1n) is 12.9. The molecule has 1 N–H and O–H groups in total. The van der Waals surface area contributed by atoms with Crippen LogP contribution in [0.4, 0.5) is 0 Å². The van der Waals surface area contributed by atoms with Crippen molar-refractivity contribution >= 4 is 27.7 Å². The van der Waals surface area contributed by atoms with Crippen LogP contribution in [-0.2, 0) is 29.0 Å². The number of nitrogens with one attached hydrogen (secondary N) is 1. The number of carbonyl (C=O) groups is 2. The molecule has 0 saturated heterocycles. The second-order valence-electron chi connectivity index (χ2n) is 9.38. The van der Waals surface area contributed by atoms with Gasteiger partial charge in [0.15, 0.2) is 6.61 Å². The number of carbonyl (C=O) groups excluding carboxylic acids is 2. The van der Waals surface area contributed by atoms with E-state index in [2.05, 4.69) is 28.2 Å². The van der Waals surface area contributed by atoms with Crippen LogP contribution in [0.15, 0.2) is 77.3 Å². The predicted octanol–water partition coefficient (Wildman–Crippen LogP) is 6.25. The Morgan fingerprint density at radius 2 is 1.68 bits per heavy atom. The molecule has 3 aromatic carbocycles. The number of rotatable bonds is 12. The van der Waals surface area contributed by atoms with Crippen molar-refractivity contribution in [2.45, 2.75) is 65.6 Å². The van der Waals surface area contributed by atoms with Gasteiger partial charge in [0.25, 0.3) is 5.91 Å². The molecule has 0 bridgehead atoms. The van der Waals surface area contributed by atoms with Crippen LogP contribution >= 0.6 is 15.9 Å². The van der Waals surface area contributed by atoms with Gasteiger partial charge in [0.05, 0.1) is 4.47 Å². The fourth-order valence-corrected chi connectivity index (χ4v) is 4.61. The number of nitrogens with zero attached hydrogens (tertiary/aromatic N) is 1. The minimum absolute atomic E-state index is 0.00507. The summed E-state index contributed by atoms with van der Waals surface area (Å²) >= 11 is 3.56. The topological polar surface area (TPSA) is 58.6 Å². The molecule has 2 atom stereocenters. The molecular weight excluding hydrogens is 528 g/mol. The number of hydrogen-bond donors (Lipinski definition) is 1. The van der Waals surface area contributed by atoms with Crippen LogP contribution in [0.5, 0.6) is 5.75 Å². The third-order valence-corrected chi connectivity index (χ3v) is 7.25. The van der Waals surface area contributed by atoms with Crippen LogP contribution in [0.25, 0.3) is 0 Å². The SMILES string of the molecule is CCc1ccc(OCC(=O)N(Cc2ccccc2C)[C@H](Cc2ccccc2)C(=O)N[C@H](C)CC)c(Br)c1. The maximum atomic E-state index is 13.8. The fourth-order valence-electron chi connectivity index (χ4n) is 4.07. The van der Waals surface area contributed by atoms with E-state index in [1.54, 1.807) is 4.90 Å². The molecule has 3 rings (SSSR count). The summed E-state index contributed by atoms with van der Waals surface area (Å²) in [5, 5.41) is 3.10. The van der Waals surface area contributed by atoms with Gasteiger partial charge in [-0.3, -0.25) is 9.59 Å². The molecule has 0 aromatic heterocycles. The molecule has 0 aliphatic rings. The van der Waals surface area contributed by atoms with E-state index in [9.17, 15) is 9.59 Å². The smallest absolute Gasteiger partial charge is 0.261 e. The standard InChI is InChI=1S/C31H37BrN2O3/c1-5-23(4)33-31(36)28(19-25-13-8-7-9-14-25)34(20-26-15-11-10-12-22(26)3)30(35)21-37-29-17-16-24(6-2)18-27(29)32/h7-18,23,28H,5-6,19-21H2,1-4H3,(H,33,36)/t23-,28-/m1/s1. The van der Waals surface area contributed by atoms with E-state index in [1.165, 1.54) is 5.56 Å². The summed E-state index contributed by atoms with van der Waals surface area (Å²) in [6, 6.07) is 23.0. The van der Waals surface area contributed by atoms with Crippen LogP contribution in [0, 0.1) is 6.92 Å². The van der Waals surface area contributed by atoms with Crippen LogP contribution in [0.1, 0.15) is 49.4 Å². The first-order valence-corrected chi connectivity index (χ1v) is 13.7. The van der Waals surface area contributed by atoms with Crippen LogP contribution < -0.4 is 10.1 Å². The Morgan fingerprint density at radius 1 is 0.973 bits per heavy atom. The lowest BCUT2D eigenvalue weighted by Gasteiger charge is -2.32. The maximum absolute atomic E-state index is 13.8. The molecule has 0 fully saturated rings. The normalized spacial score (nSPS) is 12.5. The Balaban J connectivity index is 1.93. The molecule has 5 nitrogen and oxygen atoms in total. The van der Waals surface area contributed by atoms with Crippen molar-refractivity contribution in [3.8, 4) is 5.75 Å². The third kappa shape index (κ3) is 8.19. The van der Waals surface area contributed by atoms with Gasteiger partial charge in [-0.25, -0.2) is 0 Å². The van der Waals surface area contributed by atoms with Crippen LogP contribution in [0.2, 0.25) is 0 Å². The molecule has 0 unspecified atom stereocenters. The first-order chi connectivity index (χ1) is 17.8. The molecule has 0 saturated carbocycles. The summed E-state index contributed by atoms with van der Waals surface area (Å²) < 4.78 is 6.77. The Bertz CT molecular complexity index is 1180. The van der Waals surface area contributed by atoms with E-state index in [1.807, 2.05) is 93.6 Å². The lowest BCUT2D eigenvalue weighted by molar-refractivity contribution is -0.143. The number of halogens is 1. The van der Waals surface area contributed by atoms with E-state index >= 15 is 0 Å². The van der Waals surface area contributed by atoms with Gasteiger partial charge in [0, 0.05) is 19.0 Å². The molecule has 0 aliphatic heterocycles. The van der Waals surface area contributed by atoms with Gasteiger partial charge in [-0.15, -0.1) is 0 Å². The molecule has 0 spiro atoms. The van der Waals surface area contributed by atoms with Gasteiger partial charge in [0.1, 0.15) is 11.8 Å². The Hall–Kier alpha value is -3.12. The monoisotopic (exact) mass is 564 g/mol. The van der Waals surface area contributed by atoms with Gasteiger partial charge in [-0.05, 0) is 77.0 Å². The molecule has 2 amide bonds. The van der Waals surface area contributed by atoms with Gasteiger partial charge in [-0.1, -0.05) is 74.5 Å². The summed E-state index contributed by atoms with van der Waals surface area (Å²) in [6.07, 6.45) is 2.13. The Morgan fingerprint density at radius 3 is 2.32 bits per heavy atom. The summed E-state index contributed by atoms with van der Waals surface area (Å²) in [4.78, 5) is 29.0. The first kappa shape index (κ1) is 28.5. The Kier molecular flexibility index (Phi) is 10.8. The van der Waals surface area contributed by atoms with Crippen molar-refractivity contribution in [2.24, 2.45) is 0 Å². The van der Waals surface area contributed by atoms with Crippen molar-refractivity contribution in [3.63, 3.8) is 0 Å². The molecule has 0 radical (unpaired) electrons. The van der Waals surface area contributed by atoms with E-state index in [-0.39, 0.29) is 24.5 Å². The van der Waals surface area contributed by atoms with Crippen LogP contribution in [0.3, 0.4) is 0 Å². The Labute approximate surface area is 229 Å². The van der Waals surface area contributed by atoms with E-state index in [0.29, 0.717) is 18.7 Å². The molecular formula is C31H37BrN2O3. The molecule has 0 aliphatic carbocycles. The molecule has 0 heterocycles. The minimum atomic E-state index is -0.682. The minimum Gasteiger partial charge on any atom is -0.483 e. The zero-order valence-electron chi connectivity index (χ0n) is 22.2. The average Bonchev–Trinajstić information content (AvgIpc) is 2.91. The van der Waals surface area contributed by atoms with Crippen LogP contribution in [-0.4, -0.2) is 35.4 Å².